The van der Waals surface area contributed by atoms with E-state index in [9.17, 15) is 8.78 Å². The van der Waals surface area contributed by atoms with Crippen LogP contribution in [0.15, 0.2) is 12.1 Å². The van der Waals surface area contributed by atoms with Gasteiger partial charge in [0.15, 0.2) is 0 Å². The fraction of sp³-hybridized carbons (Fsp3) is 0.571. The van der Waals surface area contributed by atoms with E-state index >= 15 is 0 Å². The van der Waals surface area contributed by atoms with Crippen LogP contribution in [0.5, 0.6) is 0 Å². The van der Waals surface area contributed by atoms with E-state index in [2.05, 4.69) is 13.8 Å². The number of aryl methyl sites for hydroxylation is 1. The summed E-state index contributed by atoms with van der Waals surface area (Å²) >= 11 is 0. The second kappa shape index (κ2) is 10.6. The first-order valence-corrected chi connectivity index (χ1v) is 6.01. The Balaban J connectivity index is 0. The molecule has 1 aromatic rings. The SMILES string of the molecule is CC.CCC.CCc1cc(F)c(C)c(F)c1. The smallest absolute Gasteiger partial charge is 0.129 e. The summed E-state index contributed by atoms with van der Waals surface area (Å²) in [4.78, 5) is 0. The Morgan fingerprint density at radius 1 is 0.938 bits per heavy atom. The van der Waals surface area contributed by atoms with Crippen molar-refractivity contribution in [2.45, 2.75) is 54.4 Å². The Hall–Kier alpha value is -0.920. The van der Waals surface area contributed by atoms with E-state index in [4.69, 9.17) is 0 Å². The van der Waals surface area contributed by atoms with E-state index in [0.29, 0.717) is 12.0 Å². The van der Waals surface area contributed by atoms with Crippen LogP contribution in [0.3, 0.4) is 0 Å². The highest BCUT2D eigenvalue weighted by Crippen LogP contribution is 2.14. The highest BCUT2D eigenvalue weighted by molar-refractivity contribution is 5.24. The number of hydrogen-bond acceptors (Lipinski definition) is 0. The lowest BCUT2D eigenvalue weighted by Gasteiger charge is -2.01. The molecule has 0 aliphatic rings. The van der Waals surface area contributed by atoms with Gasteiger partial charge in [-0.25, -0.2) is 8.78 Å². The highest BCUT2D eigenvalue weighted by atomic mass is 19.1. The fourth-order valence-electron chi connectivity index (χ4n) is 0.902. The van der Waals surface area contributed by atoms with Crippen molar-refractivity contribution in [3.8, 4) is 0 Å². The van der Waals surface area contributed by atoms with E-state index in [0.717, 1.165) is 0 Å². The van der Waals surface area contributed by atoms with Gasteiger partial charge in [0, 0.05) is 5.56 Å². The summed E-state index contributed by atoms with van der Waals surface area (Å²) in [6.07, 6.45) is 1.91. The van der Waals surface area contributed by atoms with Crippen LogP contribution in [-0.4, -0.2) is 0 Å². The van der Waals surface area contributed by atoms with Gasteiger partial charge in [0.2, 0.25) is 0 Å². The van der Waals surface area contributed by atoms with E-state index in [1.807, 2.05) is 20.8 Å². The van der Waals surface area contributed by atoms with Gasteiger partial charge >= 0.3 is 0 Å². The van der Waals surface area contributed by atoms with Gasteiger partial charge in [0.05, 0.1) is 0 Å². The van der Waals surface area contributed by atoms with Gasteiger partial charge in [0.1, 0.15) is 11.6 Å². The number of rotatable bonds is 1. The minimum Gasteiger partial charge on any atom is -0.207 e. The van der Waals surface area contributed by atoms with Gasteiger partial charge in [-0.2, -0.15) is 0 Å². The van der Waals surface area contributed by atoms with Crippen molar-refractivity contribution in [1.82, 2.24) is 0 Å². The van der Waals surface area contributed by atoms with Gasteiger partial charge in [0.25, 0.3) is 0 Å². The maximum Gasteiger partial charge on any atom is 0.129 e. The molecule has 0 N–H and O–H groups in total. The van der Waals surface area contributed by atoms with Crippen LogP contribution >= 0.6 is 0 Å². The standard InChI is InChI=1S/C9H10F2.C3H8.C2H6/c1-3-7-4-8(10)6(2)9(11)5-7;1-3-2;1-2/h4-5H,3H2,1-2H3;3H2,1-2H3;1-2H3. The van der Waals surface area contributed by atoms with Gasteiger partial charge in [-0.15, -0.1) is 0 Å². The summed E-state index contributed by atoms with van der Waals surface area (Å²) in [7, 11) is 0. The third-order valence-electron chi connectivity index (χ3n) is 1.75. The van der Waals surface area contributed by atoms with E-state index < -0.39 is 11.6 Å². The molecule has 0 aromatic heterocycles. The Labute approximate surface area is 98.7 Å². The van der Waals surface area contributed by atoms with Gasteiger partial charge < -0.3 is 0 Å². The maximum atomic E-state index is 12.8. The molecule has 1 rings (SSSR count). The molecule has 1 aromatic carbocycles. The molecule has 94 valence electrons. The Morgan fingerprint density at radius 2 is 1.25 bits per heavy atom. The van der Waals surface area contributed by atoms with E-state index in [-0.39, 0.29) is 5.56 Å². The molecule has 0 nitrogen and oxygen atoms in total. The third kappa shape index (κ3) is 6.54. The van der Waals surface area contributed by atoms with Crippen molar-refractivity contribution in [1.29, 1.82) is 0 Å². The molecule has 0 unspecified atom stereocenters. The second-order valence-corrected chi connectivity index (χ2v) is 3.25. The van der Waals surface area contributed by atoms with Crippen molar-refractivity contribution in [3.63, 3.8) is 0 Å². The predicted octanol–water partition coefficient (Wildman–Crippen LogP) is 5.28. The average molecular weight is 230 g/mol. The Bertz CT molecular complexity index is 257. The lowest BCUT2D eigenvalue weighted by molar-refractivity contribution is 0.565. The van der Waals surface area contributed by atoms with Gasteiger partial charge in [-0.3, -0.25) is 0 Å². The topological polar surface area (TPSA) is 0 Å². The maximum absolute atomic E-state index is 12.8. The average Bonchev–Trinajstić information content (AvgIpc) is 2.29. The lowest BCUT2D eigenvalue weighted by Crippen LogP contribution is -1.91. The summed E-state index contributed by atoms with van der Waals surface area (Å²) in [6.45, 7) is 11.5. The van der Waals surface area contributed by atoms with Crippen molar-refractivity contribution >= 4 is 0 Å². The first kappa shape index (κ1) is 17.5. The summed E-state index contributed by atoms with van der Waals surface area (Å²) in [5.74, 6) is -0.913. The van der Waals surface area contributed by atoms with E-state index in [1.54, 1.807) is 0 Å². The van der Waals surface area contributed by atoms with E-state index in [1.165, 1.54) is 25.5 Å². The lowest BCUT2D eigenvalue weighted by atomic mass is 10.1. The molecule has 0 saturated heterocycles. The highest BCUT2D eigenvalue weighted by Gasteiger charge is 2.04. The molecule has 0 heterocycles. The van der Waals surface area contributed by atoms with Crippen LogP contribution in [0.1, 0.15) is 52.2 Å². The summed E-state index contributed by atoms with van der Waals surface area (Å²) in [5, 5.41) is 0. The molecular formula is C14H24F2. The van der Waals surface area contributed by atoms with Crippen LogP contribution in [0.4, 0.5) is 8.78 Å². The molecule has 0 bridgehead atoms. The van der Waals surface area contributed by atoms with Crippen molar-refractivity contribution in [2.24, 2.45) is 0 Å². The largest absolute Gasteiger partial charge is 0.207 e. The number of halogens is 2. The van der Waals surface area contributed by atoms with Gasteiger partial charge in [-0.1, -0.05) is 41.0 Å². The Kier molecular flexibility index (Phi) is 11.6. The molecule has 2 heteroatoms. The third-order valence-corrected chi connectivity index (χ3v) is 1.75. The van der Waals surface area contributed by atoms with Crippen LogP contribution in [-0.2, 0) is 6.42 Å². The second-order valence-electron chi connectivity index (χ2n) is 3.25. The zero-order valence-corrected chi connectivity index (χ0v) is 11.3. The Morgan fingerprint density at radius 3 is 1.50 bits per heavy atom. The zero-order chi connectivity index (χ0) is 13.1. The monoisotopic (exact) mass is 230 g/mol. The van der Waals surface area contributed by atoms with Crippen molar-refractivity contribution in [3.05, 3.63) is 34.9 Å². The summed E-state index contributed by atoms with van der Waals surface area (Å²) in [5.41, 5.74) is 0.799. The molecule has 0 spiro atoms. The van der Waals surface area contributed by atoms with Crippen LogP contribution in [0, 0.1) is 18.6 Å². The molecule has 0 fully saturated rings. The fourth-order valence-corrected chi connectivity index (χ4v) is 0.902. The summed E-state index contributed by atoms with van der Waals surface area (Å²) in [6, 6.07) is 2.75. The van der Waals surface area contributed by atoms with Crippen LogP contribution in [0.2, 0.25) is 0 Å². The van der Waals surface area contributed by atoms with Crippen molar-refractivity contribution in [2.75, 3.05) is 0 Å². The predicted molar refractivity (Wildman–Crippen MR) is 67.8 cm³/mol. The molecule has 0 amide bonds. The number of benzene rings is 1. The first-order chi connectivity index (χ1) is 7.56. The molecule has 0 aliphatic carbocycles. The molecule has 0 atom stereocenters. The van der Waals surface area contributed by atoms with Gasteiger partial charge in [-0.05, 0) is 31.0 Å². The van der Waals surface area contributed by atoms with Crippen LogP contribution in [0.25, 0.3) is 0 Å². The zero-order valence-electron chi connectivity index (χ0n) is 11.3. The molecule has 0 aliphatic heterocycles. The minimum absolute atomic E-state index is 0.0993. The minimum atomic E-state index is -0.457. The summed E-state index contributed by atoms with van der Waals surface area (Å²) < 4.78 is 25.6. The molecule has 16 heavy (non-hydrogen) atoms. The normalized spacial score (nSPS) is 8.50. The molecular weight excluding hydrogens is 206 g/mol. The quantitative estimate of drug-likeness (QED) is 0.616. The first-order valence-electron chi connectivity index (χ1n) is 6.01. The molecule has 0 saturated carbocycles. The molecule has 0 radical (unpaired) electrons. The number of hydrogen-bond donors (Lipinski definition) is 0. The van der Waals surface area contributed by atoms with Crippen molar-refractivity contribution < 1.29 is 8.78 Å². The van der Waals surface area contributed by atoms with Crippen LogP contribution < -0.4 is 0 Å².